The Balaban J connectivity index is 0.816. The van der Waals surface area contributed by atoms with Crippen molar-refractivity contribution in [2.24, 2.45) is 0 Å². The summed E-state index contributed by atoms with van der Waals surface area (Å²) in [6, 6.07) is 16.2. The lowest BCUT2D eigenvalue weighted by Crippen LogP contribution is -2.60. The molecule has 1 atom stereocenters. The first-order valence-electron chi connectivity index (χ1n) is 21.0. The third kappa shape index (κ3) is 10.2. The number of benzene rings is 3. The van der Waals surface area contributed by atoms with Crippen LogP contribution in [0, 0.1) is 0 Å². The predicted molar refractivity (Wildman–Crippen MR) is 254 cm³/mol. The fourth-order valence-electron chi connectivity index (χ4n) is 7.87. The molecule has 0 aliphatic carbocycles. The summed E-state index contributed by atoms with van der Waals surface area (Å²) in [5, 5.41) is 19.4. The highest BCUT2D eigenvalue weighted by Gasteiger charge is 2.32. The predicted octanol–water partition coefficient (Wildman–Crippen LogP) is 6.12. The molecule has 3 aromatic carbocycles. The van der Waals surface area contributed by atoms with Crippen LogP contribution in [0.3, 0.4) is 0 Å². The molecule has 1 unspecified atom stereocenters. The van der Waals surface area contributed by atoms with Crippen molar-refractivity contribution in [3.8, 4) is 5.75 Å². The minimum atomic E-state index is -2.79. The SMILES string of the molecule is CCc1cc(Nc2ncc(Br)c(Nc3ccc4nccnc4c3P(C)(C)=O)n2)c(OC)cc1NCCNC1CN(C(=O)c2c[nH]c(C(=O)Nc3ccc(C4CCC(=O)NC4=O)cc3)c2)C1. The molecule has 20 heteroatoms. The van der Waals surface area contributed by atoms with Gasteiger partial charge in [-0.25, -0.2) is 4.98 Å². The summed E-state index contributed by atoms with van der Waals surface area (Å²) >= 11 is 3.56. The molecule has 65 heavy (non-hydrogen) atoms. The second-order valence-electron chi connectivity index (χ2n) is 16.1. The highest BCUT2D eigenvalue weighted by molar-refractivity contribution is 9.10. The number of rotatable bonds is 16. The largest absolute Gasteiger partial charge is 0.494 e. The molecule has 7 N–H and O–H groups in total. The van der Waals surface area contributed by atoms with Crippen molar-refractivity contribution < 1.29 is 28.5 Å². The topological polar surface area (TPSA) is 237 Å². The highest BCUT2D eigenvalue weighted by Crippen LogP contribution is 2.41. The molecule has 0 radical (unpaired) electrons. The molecule has 8 rings (SSSR count). The second kappa shape index (κ2) is 19.2. The standard InChI is InChI=1S/C45H48BrN12O6P/c1-5-25-18-35(55-45-52-22-31(46)41(57-45)54-33-12-11-32-39(50-17-16-48-32)40(33)65(3,4)63)37(64-2)20-34(25)49-15-14-47-29-23-58(24-29)44(62)27-19-36(51-21-27)43(61)53-28-8-6-26(7-9-28)30-10-13-38(59)56-42(30)60/h6-9,11-12,16-22,29-30,47,49,51H,5,10,13-15,23-24H2,1-4H3,(H,53,61)(H,56,59,60)(H2,52,54,55,57). The van der Waals surface area contributed by atoms with Gasteiger partial charge in [0.1, 0.15) is 29.9 Å². The van der Waals surface area contributed by atoms with E-state index in [1.165, 1.54) is 12.3 Å². The van der Waals surface area contributed by atoms with Gasteiger partial charge >= 0.3 is 0 Å². The lowest BCUT2D eigenvalue weighted by molar-refractivity contribution is -0.134. The maximum Gasteiger partial charge on any atom is 0.272 e. The second-order valence-corrected chi connectivity index (χ2v) is 20.1. The lowest BCUT2D eigenvalue weighted by atomic mass is 9.90. The Morgan fingerprint density at radius 2 is 1.74 bits per heavy atom. The van der Waals surface area contributed by atoms with Crippen molar-refractivity contribution in [1.29, 1.82) is 0 Å². The molecule has 5 heterocycles. The molecular formula is C45H48BrN12O6P. The van der Waals surface area contributed by atoms with Crippen LogP contribution in [-0.4, -0.2) is 106 Å². The van der Waals surface area contributed by atoms with Gasteiger partial charge in [0.25, 0.3) is 11.8 Å². The molecule has 2 aliphatic rings. The van der Waals surface area contributed by atoms with E-state index in [-0.39, 0.29) is 35.9 Å². The van der Waals surface area contributed by atoms with Crippen molar-refractivity contribution in [3.05, 3.63) is 106 Å². The number of H-pyrrole nitrogens is 1. The fraction of sp³-hybridized carbons (Fsp3) is 0.289. The number of imide groups is 1. The molecule has 0 bridgehead atoms. The molecule has 2 aliphatic heterocycles. The Labute approximate surface area is 383 Å². The molecule has 18 nitrogen and oxygen atoms in total. The van der Waals surface area contributed by atoms with Crippen LogP contribution in [0.1, 0.15) is 57.7 Å². The quantitative estimate of drug-likeness (QED) is 0.0329. The Kier molecular flexibility index (Phi) is 13.3. The maximum absolute atomic E-state index is 13.5. The number of anilines is 6. The number of halogens is 1. The van der Waals surface area contributed by atoms with E-state index in [0.717, 1.165) is 23.2 Å². The minimum absolute atomic E-state index is 0.123. The smallest absolute Gasteiger partial charge is 0.272 e. The zero-order chi connectivity index (χ0) is 45.8. The van der Waals surface area contributed by atoms with Crippen molar-refractivity contribution in [2.75, 3.05) is 67.9 Å². The number of aryl methyl sites for hydroxylation is 1. The highest BCUT2D eigenvalue weighted by atomic mass is 79.9. The number of methoxy groups -OCH3 is 1. The summed E-state index contributed by atoms with van der Waals surface area (Å²) in [7, 11) is -1.19. The number of likely N-dealkylation sites (tertiary alicyclic amines) is 1. The molecule has 2 saturated heterocycles. The number of hydrogen-bond acceptors (Lipinski definition) is 14. The van der Waals surface area contributed by atoms with Gasteiger partial charge < -0.3 is 45.8 Å². The van der Waals surface area contributed by atoms with E-state index in [0.29, 0.717) is 93.6 Å². The number of nitrogens with zero attached hydrogens (tertiary/aromatic N) is 5. The van der Waals surface area contributed by atoms with E-state index in [2.05, 4.69) is 74.7 Å². The van der Waals surface area contributed by atoms with Gasteiger partial charge in [-0.1, -0.05) is 19.1 Å². The van der Waals surface area contributed by atoms with Crippen LogP contribution in [0.5, 0.6) is 5.75 Å². The van der Waals surface area contributed by atoms with Crippen LogP contribution in [-0.2, 0) is 20.6 Å². The first-order chi connectivity index (χ1) is 31.3. The van der Waals surface area contributed by atoms with Gasteiger partial charge in [0, 0.05) is 80.9 Å². The molecule has 4 amide bonds. The molecule has 6 aromatic rings. The zero-order valence-corrected chi connectivity index (χ0v) is 38.6. The van der Waals surface area contributed by atoms with E-state index in [1.807, 2.05) is 24.3 Å². The zero-order valence-electron chi connectivity index (χ0n) is 36.1. The van der Waals surface area contributed by atoms with Crippen molar-refractivity contribution in [3.63, 3.8) is 0 Å². The molecule has 0 saturated carbocycles. The summed E-state index contributed by atoms with van der Waals surface area (Å²) in [6.07, 6.45) is 7.84. The van der Waals surface area contributed by atoms with Crippen molar-refractivity contribution in [2.45, 2.75) is 38.1 Å². The average Bonchev–Trinajstić information content (AvgIpc) is 3.78. The average molecular weight is 964 g/mol. The van der Waals surface area contributed by atoms with Gasteiger partial charge in [-0.3, -0.25) is 34.5 Å². The van der Waals surface area contributed by atoms with Crippen molar-refractivity contribution in [1.82, 2.24) is 40.5 Å². The molecule has 336 valence electrons. The Bertz CT molecular complexity index is 2840. The Hall–Kier alpha value is -6.69. The summed E-state index contributed by atoms with van der Waals surface area (Å²) in [5.41, 5.74) is 6.43. The third-order valence-corrected chi connectivity index (χ3v) is 13.3. The van der Waals surface area contributed by atoms with Crippen LogP contribution in [0.25, 0.3) is 11.0 Å². The normalized spacial score (nSPS) is 15.3. The number of ether oxygens (including phenoxy) is 1. The van der Waals surface area contributed by atoms with Gasteiger partial charge in [-0.15, -0.1) is 0 Å². The van der Waals surface area contributed by atoms with Crippen LogP contribution < -0.4 is 41.9 Å². The van der Waals surface area contributed by atoms with Crippen molar-refractivity contribution >= 4 is 97.6 Å². The number of nitrogens with one attached hydrogen (secondary N) is 7. The monoisotopic (exact) mass is 962 g/mol. The molecular weight excluding hydrogens is 915 g/mol. The van der Waals surface area contributed by atoms with Crippen LogP contribution in [0.2, 0.25) is 0 Å². The Morgan fingerprint density at radius 1 is 0.954 bits per heavy atom. The van der Waals surface area contributed by atoms with Gasteiger partial charge in [0.15, 0.2) is 0 Å². The van der Waals surface area contributed by atoms with Crippen LogP contribution in [0.15, 0.2) is 83.9 Å². The van der Waals surface area contributed by atoms with Gasteiger partial charge in [-0.05, 0) is 89.6 Å². The Morgan fingerprint density at radius 3 is 2.48 bits per heavy atom. The number of aromatic nitrogens is 5. The number of aromatic amines is 1. The van der Waals surface area contributed by atoms with E-state index in [9.17, 15) is 23.7 Å². The van der Waals surface area contributed by atoms with Gasteiger partial charge in [-0.2, -0.15) is 4.98 Å². The van der Waals surface area contributed by atoms with Crippen LogP contribution in [0.4, 0.5) is 34.5 Å². The number of fused-ring (bicyclic) bond motifs is 1. The van der Waals surface area contributed by atoms with E-state index < -0.39 is 19.0 Å². The number of carbonyl (C=O) groups excluding carboxylic acids is 4. The van der Waals surface area contributed by atoms with E-state index in [4.69, 9.17) is 9.72 Å². The number of carbonyl (C=O) groups is 4. The molecule has 0 spiro atoms. The van der Waals surface area contributed by atoms with E-state index >= 15 is 0 Å². The summed E-state index contributed by atoms with van der Waals surface area (Å²) in [5.74, 6) is -0.194. The molecule has 2 fully saturated rings. The molecule has 3 aromatic heterocycles. The fourth-order valence-corrected chi connectivity index (χ4v) is 9.55. The number of amides is 4. The first kappa shape index (κ1) is 44.9. The summed E-state index contributed by atoms with van der Waals surface area (Å²) in [4.78, 5) is 72.6. The van der Waals surface area contributed by atoms with Gasteiger partial charge in [0.2, 0.25) is 17.8 Å². The first-order valence-corrected chi connectivity index (χ1v) is 24.4. The summed E-state index contributed by atoms with van der Waals surface area (Å²) < 4.78 is 19.9. The van der Waals surface area contributed by atoms with Crippen LogP contribution >= 0.6 is 23.1 Å². The van der Waals surface area contributed by atoms with E-state index in [1.54, 1.807) is 68.2 Å². The lowest BCUT2D eigenvalue weighted by Gasteiger charge is -2.39. The maximum atomic E-state index is 13.5. The minimum Gasteiger partial charge on any atom is -0.494 e. The summed E-state index contributed by atoms with van der Waals surface area (Å²) in [6.45, 7) is 7.82. The number of piperidine rings is 1. The number of hydrogen-bond donors (Lipinski definition) is 7. The third-order valence-electron chi connectivity index (χ3n) is 11.2. The van der Waals surface area contributed by atoms with Gasteiger partial charge in [0.05, 0.1) is 45.3 Å².